The Morgan fingerprint density at radius 3 is 1.72 bits per heavy atom. The van der Waals surface area contributed by atoms with E-state index in [-0.39, 0.29) is 11.4 Å². The predicted octanol–water partition coefficient (Wildman–Crippen LogP) is 6.33. The highest BCUT2D eigenvalue weighted by Gasteiger charge is 2.36. The van der Waals surface area contributed by atoms with Crippen LogP contribution in [0.25, 0.3) is 6.08 Å². The van der Waals surface area contributed by atoms with E-state index in [0.717, 1.165) is 10.6 Å². The van der Waals surface area contributed by atoms with E-state index in [0.29, 0.717) is 0 Å². The summed E-state index contributed by atoms with van der Waals surface area (Å²) in [5, 5.41) is 11.6. The first-order valence-electron chi connectivity index (χ1n) is 9.39. The van der Waals surface area contributed by atoms with Crippen molar-refractivity contribution in [3.8, 4) is 0 Å². The van der Waals surface area contributed by atoms with E-state index in [9.17, 15) is 5.11 Å². The highest BCUT2D eigenvalue weighted by atomic mass is 32.2. The minimum absolute atomic E-state index is 0.0466. The molecule has 0 fully saturated rings. The number of thiazole rings is 1. The van der Waals surface area contributed by atoms with Gasteiger partial charge in [-0.15, -0.1) is 23.1 Å². The Kier molecular flexibility index (Phi) is 6.25. The monoisotopic (exact) mass is 415 g/mol. The quantitative estimate of drug-likeness (QED) is 0.358. The zero-order chi connectivity index (χ0) is 19.9. The molecule has 0 aliphatic heterocycles. The number of nitrogens with zero attached hydrogens (tertiary/aromatic N) is 1. The number of hydrogen-bond acceptors (Lipinski definition) is 4. The van der Waals surface area contributed by atoms with E-state index in [1.165, 1.54) is 16.7 Å². The molecule has 1 N–H and O–H groups in total. The average molecular weight is 416 g/mol. The van der Waals surface area contributed by atoms with Gasteiger partial charge in [-0.2, -0.15) is 0 Å². The lowest BCUT2D eigenvalue weighted by Crippen LogP contribution is -2.24. The zero-order valence-electron chi connectivity index (χ0n) is 15.8. The van der Waals surface area contributed by atoms with Crippen LogP contribution < -0.4 is 0 Å². The van der Waals surface area contributed by atoms with E-state index >= 15 is 0 Å². The van der Waals surface area contributed by atoms with Crippen molar-refractivity contribution in [1.29, 1.82) is 0 Å². The number of aliphatic hydroxyl groups excluding tert-OH is 1. The van der Waals surface area contributed by atoms with Crippen LogP contribution in [0.4, 0.5) is 0 Å². The van der Waals surface area contributed by atoms with Gasteiger partial charge < -0.3 is 5.11 Å². The van der Waals surface area contributed by atoms with Gasteiger partial charge >= 0.3 is 0 Å². The number of aromatic nitrogens is 1. The van der Waals surface area contributed by atoms with Crippen LogP contribution in [-0.4, -0.2) is 10.1 Å². The molecule has 4 rings (SSSR count). The molecule has 3 aromatic carbocycles. The molecule has 0 aliphatic carbocycles. The summed E-state index contributed by atoms with van der Waals surface area (Å²) in [5.41, 5.74) is 6.15. The van der Waals surface area contributed by atoms with Gasteiger partial charge in [0.15, 0.2) is 0 Å². The first-order chi connectivity index (χ1) is 14.3. The highest BCUT2D eigenvalue weighted by molar-refractivity contribution is 8.03. The van der Waals surface area contributed by atoms with Gasteiger partial charge in [0.25, 0.3) is 0 Å². The zero-order valence-corrected chi connectivity index (χ0v) is 17.4. The molecular weight excluding hydrogens is 394 g/mol. The molecule has 0 radical (unpaired) electrons. The third-order valence-electron chi connectivity index (χ3n) is 4.83. The standard InChI is InChI=1S/C25H21NOS2/c27-18-23-24(28-19-26-23)16-17-29-25(20-10-4-1-5-11-20,21-12-6-2-7-13-21)22-14-8-3-9-15-22/h1-17,19,27H,18H2. The fourth-order valence-electron chi connectivity index (χ4n) is 3.45. The van der Waals surface area contributed by atoms with Gasteiger partial charge in [-0.3, -0.25) is 0 Å². The summed E-state index contributed by atoms with van der Waals surface area (Å²) in [5.74, 6) is 0. The lowest BCUT2D eigenvalue weighted by Gasteiger charge is -2.34. The van der Waals surface area contributed by atoms with Crippen LogP contribution in [0.2, 0.25) is 0 Å². The van der Waals surface area contributed by atoms with Crippen LogP contribution in [0.3, 0.4) is 0 Å². The fourth-order valence-corrected chi connectivity index (χ4v) is 5.46. The lowest BCUT2D eigenvalue weighted by molar-refractivity contribution is 0.277. The van der Waals surface area contributed by atoms with E-state index in [4.69, 9.17) is 0 Å². The molecule has 0 bridgehead atoms. The molecule has 2 nitrogen and oxygen atoms in total. The maximum Gasteiger partial charge on any atom is 0.0948 e. The maximum atomic E-state index is 9.50. The molecule has 0 amide bonds. The van der Waals surface area contributed by atoms with Crippen molar-refractivity contribution < 1.29 is 5.11 Å². The van der Waals surface area contributed by atoms with Crippen LogP contribution in [0.5, 0.6) is 0 Å². The molecule has 0 aliphatic rings. The molecule has 4 heteroatoms. The predicted molar refractivity (Wildman–Crippen MR) is 124 cm³/mol. The van der Waals surface area contributed by atoms with E-state index in [1.807, 2.05) is 0 Å². The molecule has 144 valence electrons. The lowest BCUT2D eigenvalue weighted by atomic mass is 9.84. The summed E-state index contributed by atoms with van der Waals surface area (Å²) < 4.78 is -0.385. The van der Waals surface area contributed by atoms with Crippen LogP contribution in [0.1, 0.15) is 27.3 Å². The Morgan fingerprint density at radius 2 is 1.28 bits per heavy atom. The molecule has 0 saturated carbocycles. The average Bonchev–Trinajstić information content (AvgIpc) is 3.26. The summed E-state index contributed by atoms with van der Waals surface area (Å²) in [4.78, 5) is 5.22. The largest absolute Gasteiger partial charge is 0.390 e. The van der Waals surface area contributed by atoms with Crippen molar-refractivity contribution in [2.45, 2.75) is 11.4 Å². The molecular formula is C25H21NOS2. The maximum absolute atomic E-state index is 9.50. The van der Waals surface area contributed by atoms with E-state index < -0.39 is 0 Å². The minimum atomic E-state index is -0.385. The van der Waals surface area contributed by atoms with E-state index in [1.54, 1.807) is 28.6 Å². The second-order valence-electron chi connectivity index (χ2n) is 6.52. The van der Waals surface area contributed by atoms with Gasteiger partial charge in [0, 0.05) is 0 Å². The van der Waals surface area contributed by atoms with Crippen molar-refractivity contribution in [1.82, 2.24) is 4.98 Å². The summed E-state index contributed by atoms with van der Waals surface area (Å²) >= 11 is 3.30. The number of benzene rings is 3. The summed E-state index contributed by atoms with van der Waals surface area (Å²) in [7, 11) is 0. The molecule has 29 heavy (non-hydrogen) atoms. The first kappa shape index (κ1) is 19.6. The van der Waals surface area contributed by atoms with Crippen molar-refractivity contribution >= 4 is 29.2 Å². The Morgan fingerprint density at radius 1 is 0.793 bits per heavy atom. The fraction of sp³-hybridized carbons (Fsp3) is 0.0800. The van der Waals surface area contributed by atoms with Crippen LogP contribution in [0.15, 0.2) is 102 Å². The van der Waals surface area contributed by atoms with Gasteiger partial charge in [0.05, 0.1) is 27.4 Å². The van der Waals surface area contributed by atoms with Crippen LogP contribution in [-0.2, 0) is 11.4 Å². The molecule has 0 atom stereocenters. The smallest absolute Gasteiger partial charge is 0.0948 e. The topological polar surface area (TPSA) is 33.1 Å². The third-order valence-corrected chi connectivity index (χ3v) is 7.00. The van der Waals surface area contributed by atoms with Gasteiger partial charge in [-0.05, 0) is 28.2 Å². The van der Waals surface area contributed by atoms with Crippen molar-refractivity contribution in [3.05, 3.63) is 129 Å². The Balaban J connectivity index is 1.86. The first-order valence-corrected chi connectivity index (χ1v) is 11.1. The van der Waals surface area contributed by atoms with Crippen molar-refractivity contribution in [2.75, 3.05) is 0 Å². The van der Waals surface area contributed by atoms with Gasteiger partial charge in [-0.1, -0.05) is 91.0 Å². The molecule has 0 saturated heterocycles. The highest BCUT2D eigenvalue weighted by Crippen LogP contribution is 2.49. The number of thioether (sulfide) groups is 1. The molecule has 0 spiro atoms. The minimum Gasteiger partial charge on any atom is -0.390 e. The Hall–Kier alpha value is -2.66. The second kappa shape index (κ2) is 9.23. The number of hydrogen-bond donors (Lipinski definition) is 1. The molecule has 0 unspecified atom stereocenters. The molecule has 1 heterocycles. The molecule has 1 aromatic heterocycles. The van der Waals surface area contributed by atoms with Gasteiger partial charge in [0.2, 0.25) is 0 Å². The second-order valence-corrected chi connectivity index (χ2v) is 8.53. The van der Waals surface area contributed by atoms with Gasteiger partial charge in [-0.25, -0.2) is 4.98 Å². The van der Waals surface area contributed by atoms with Gasteiger partial charge in [0.1, 0.15) is 0 Å². The summed E-state index contributed by atoms with van der Waals surface area (Å²) in [6.07, 6.45) is 2.05. The van der Waals surface area contributed by atoms with Crippen molar-refractivity contribution in [3.63, 3.8) is 0 Å². The van der Waals surface area contributed by atoms with Crippen LogP contribution in [0, 0.1) is 0 Å². The summed E-state index contributed by atoms with van der Waals surface area (Å²) in [6.45, 7) is -0.0466. The van der Waals surface area contributed by atoms with Crippen molar-refractivity contribution in [2.24, 2.45) is 0 Å². The normalized spacial score (nSPS) is 11.8. The van der Waals surface area contributed by atoms with E-state index in [2.05, 4.69) is 107 Å². The number of rotatable bonds is 7. The Bertz CT molecular complexity index is 963. The van der Waals surface area contributed by atoms with Crippen LogP contribution >= 0.6 is 23.1 Å². The third kappa shape index (κ3) is 4.06. The number of aliphatic hydroxyl groups is 1. The SMILES string of the molecule is OCc1ncsc1C=CSC(c1ccccc1)(c1ccccc1)c1ccccc1. The summed E-state index contributed by atoms with van der Waals surface area (Å²) in [6, 6.07) is 31.8. The molecule has 4 aromatic rings. The Labute approximate surface area is 179 Å².